The van der Waals surface area contributed by atoms with Crippen LogP contribution in [0.2, 0.25) is 0 Å². The topological polar surface area (TPSA) is 100 Å². The van der Waals surface area contributed by atoms with Crippen molar-refractivity contribution in [2.45, 2.75) is 45.4 Å². The lowest BCUT2D eigenvalue weighted by Crippen LogP contribution is -2.55. The Morgan fingerprint density at radius 1 is 1.33 bits per heavy atom. The second-order valence-corrected chi connectivity index (χ2v) is 6.06. The fourth-order valence-electron chi connectivity index (χ4n) is 1.65. The summed E-state index contributed by atoms with van der Waals surface area (Å²) in [5, 5.41) is 25.2. The number of methoxy groups -OCH3 is 1. The predicted molar refractivity (Wildman–Crippen MR) is 82.7 cm³/mol. The van der Waals surface area contributed by atoms with Gasteiger partial charge in [-0.05, 0) is 45.4 Å². The third-order valence-corrected chi connectivity index (χ3v) is 3.91. The number of rotatable bonds is 6. The van der Waals surface area contributed by atoms with Crippen molar-refractivity contribution in [3.05, 3.63) is 29.3 Å². The normalized spacial score (nSPS) is 13.3. The lowest BCUT2D eigenvalue weighted by molar-refractivity contribution is -0.00532. The third-order valence-electron chi connectivity index (χ3n) is 3.91. The first kappa shape index (κ1) is 17.3. The minimum absolute atomic E-state index is 0.00294. The Morgan fingerprint density at radius 3 is 2.43 bits per heavy atom. The van der Waals surface area contributed by atoms with Crippen molar-refractivity contribution in [2.24, 2.45) is 10.9 Å². The van der Waals surface area contributed by atoms with Crippen LogP contribution >= 0.6 is 0 Å². The van der Waals surface area contributed by atoms with Crippen LogP contribution in [0, 0.1) is 0 Å². The van der Waals surface area contributed by atoms with E-state index in [0.29, 0.717) is 17.9 Å². The Bertz CT molecular complexity index is 519. The van der Waals surface area contributed by atoms with Crippen LogP contribution in [0.1, 0.15) is 38.8 Å². The summed E-state index contributed by atoms with van der Waals surface area (Å²) in [6, 6.07) is 5.42. The van der Waals surface area contributed by atoms with E-state index >= 15 is 0 Å². The predicted octanol–water partition coefficient (Wildman–Crippen LogP) is 1.43. The van der Waals surface area contributed by atoms with Crippen LogP contribution in [0.15, 0.2) is 23.4 Å². The number of nitrogens with zero attached hydrogens (tertiary/aromatic N) is 1. The van der Waals surface area contributed by atoms with Crippen LogP contribution in [-0.2, 0) is 6.54 Å². The van der Waals surface area contributed by atoms with E-state index in [9.17, 15) is 5.11 Å². The summed E-state index contributed by atoms with van der Waals surface area (Å²) < 4.78 is 5.26. The van der Waals surface area contributed by atoms with E-state index < -0.39 is 11.1 Å². The zero-order valence-electron chi connectivity index (χ0n) is 13.3. The summed E-state index contributed by atoms with van der Waals surface area (Å²) >= 11 is 0. The van der Waals surface area contributed by atoms with E-state index in [1.165, 1.54) is 7.11 Å². The molecule has 0 fully saturated rings. The maximum absolute atomic E-state index is 10.1. The third kappa shape index (κ3) is 4.09. The lowest BCUT2D eigenvalue weighted by atomic mass is 9.86. The smallest absolute Gasteiger partial charge is 0.173 e. The quantitative estimate of drug-likeness (QED) is 0.275. The van der Waals surface area contributed by atoms with Gasteiger partial charge in [0.1, 0.15) is 5.75 Å². The number of hydrogen-bond acceptors (Lipinski definition) is 5. The van der Waals surface area contributed by atoms with Crippen LogP contribution in [0.3, 0.4) is 0 Å². The number of nitrogens with two attached hydrogens (primary N) is 1. The van der Waals surface area contributed by atoms with Gasteiger partial charge in [0, 0.05) is 12.1 Å². The van der Waals surface area contributed by atoms with E-state index in [2.05, 4.69) is 10.5 Å². The molecule has 1 rings (SSSR count). The number of nitrogens with one attached hydrogen (secondary N) is 1. The maximum atomic E-state index is 10.1. The molecule has 0 aliphatic heterocycles. The molecule has 0 aromatic heterocycles. The summed E-state index contributed by atoms with van der Waals surface area (Å²) in [5.74, 6) is 0.536. The minimum Gasteiger partial charge on any atom is -0.496 e. The summed E-state index contributed by atoms with van der Waals surface area (Å²) in [6.45, 7) is 7.97. The molecular weight excluding hydrogens is 270 g/mol. The van der Waals surface area contributed by atoms with Crippen LogP contribution in [0.5, 0.6) is 5.75 Å². The van der Waals surface area contributed by atoms with Crippen LogP contribution in [0.25, 0.3) is 0 Å². The van der Waals surface area contributed by atoms with E-state index in [1.807, 2.05) is 26.0 Å². The zero-order valence-corrected chi connectivity index (χ0v) is 13.3. The standard InChI is InChI=1S/C15H25N3O3/c1-14(2,15(3,4)19)17-9-10-6-7-11(13(16)18-20)12(8-10)21-5/h6-8,17,19-20H,9H2,1-5H3,(H2,16,18). The summed E-state index contributed by atoms with van der Waals surface area (Å²) in [4.78, 5) is 0. The van der Waals surface area contributed by atoms with Crippen LogP contribution in [-0.4, -0.2) is 34.4 Å². The number of oxime groups is 1. The Hall–Kier alpha value is -1.79. The molecule has 0 amide bonds. The summed E-state index contributed by atoms with van der Waals surface area (Å²) in [5.41, 5.74) is 5.79. The molecule has 0 saturated heterocycles. The van der Waals surface area contributed by atoms with Gasteiger partial charge < -0.3 is 26.1 Å². The largest absolute Gasteiger partial charge is 0.496 e. The van der Waals surface area contributed by atoms with Gasteiger partial charge in [-0.1, -0.05) is 11.2 Å². The van der Waals surface area contributed by atoms with Gasteiger partial charge in [0.2, 0.25) is 0 Å². The van der Waals surface area contributed by atoms with Crippen LogP contribution < -0.4 is 15.8 Å². The molecule has 5 N–H and O–H groups in total. The molecule has 0 unspecified atom stereocenters. The molecular formula is C15H25N3O3. The highest BCUT2D eigenvalue weighted by atomic mass is 16.5. The second-order valence-electron chi connectivity index (χ2n) is 6.06. The molecule has 0 atom stereocenters. The van der Waals surface area contributed by atoms with Gasteiger partial charge in [0.15, 0.2) is 5.84 Å². The van der Waals surface area contributed by atoms with Crippen molar-refractivity contribution in [3.63, 3.8) is 0 Å². The van der Waals surface area contributed by atoms with E-state index in [0.717, 1.165) is 5.56 Å². The van der Waals surface area contributed by atoms with Gasteiger partial charge in [-0.25, -0.2) is 0 Å². The van der Waals surface area contributed by atoms with E-state index in [4.69, 9.17) is 15.7 Å². The molecule has 0 bridgehead atoms. The van der Waals surface area contributed by atoms with Crippen molar-refractivity contribution < 1.29 is 15.1 Å². The van der Waals surface area contributed by atoms with Gasteiger partial charge in [-0.3, -0.25) is 0 Å². The molecule has 118 valence electrons. The van der Waals surface area contributed by atoms with Gasteiger partial charge in [0.05, 0.1) is 18.3 Å². The Morgan fingerprint density at radius 2 is 1.95 bits per heavy atom. The van der Waals surface area contributed by atoms with E-state index in [-0.39, 0.29) is 5.84 Å². The maximum Gasteiger partial charge on any atom is 0.173 e. The molecule has 1 aromatic rings. The van der Waals surface area contributed by atoms with Gasteiger partial charge in [0.25, 0.3) is 0 Å². The van der Waals surface area contributed by atoms with Crippen molar-refractivity contribution in [1.29, 1.82) is 0 Å². The van der Waals surface area contributed by atoms with Gasteiger partial charge in [-0.15, -0.1) is 0 Å². The molecule has 1 aromatic carbocycles. The molecule has 6 heteroatoms. The SMILES string of the molecule is COc1cc(CNC(C)(C)C(C)(C)O)ccc1/C(N)=N/O. The van der Waals surface area contributed by atoms with Crippen molar-refractivity contribution >= 4 is 5.84 Å². The number of amidine groups is 1. The Balaban J connectivity index is 2.92. The summed E-state index contributed by atoms with van der Waals surface area (Å²) in [6.07, 6.45) is 0. The minimum atomic E-state index is -0.856. The number of aliphatic hydroxyl groups is 1. The molecule has 0 heterocycles. The molecule has 6 nitrogen and oxygen atoms in total. The van der Waals surface area contributed by atoms with Crippen molar-refractivity contribution in [1.82, 2.24) is 5.32 Å². The summed E-state index contributed by atoms with van der Waals surface area (Å²) in [7, 11) is 1.53. The molecule has 0 radical (unpaired) electrons. The zero-order chi connectivity index (χ0) is 16.3. The highest BCUT2D eigenvalue weighted by molar-refractivity contribution is 5.99. The van der Waals surface area contributed by atoms with Crippen molar-refractivity contribution in [2.75, 3.05) is 7.11 Å². The monoisotopic (exact) mass is 295 g/mol. The second kappa shape index (κ2) is 6.32. The lowest BCUT2D eigenvalue weighted by Gasteiger charge is -2.38. The molecule has 0 spiro atoms. The van der Waals surface area contributed by atoms with Crippen LogP contribution in [0.4, 0.5) is 0 Å². The first-order valence-corrected chi connectivity index (χ1v) is 6.74. The average molecular weight is 295 g/mol. The molecule has 0 aliphatic carbocycles. The number of hydrogen-bond donors (Lipinski definition) is 4. The highest BCUT2D eigenvalue weighted by Gasteiger charge is 2.34. The molecule has 21 heavy (non-hydrogen) atoms. The first-order chi connectivity index (χ1) is 9.62. The fraction of sp³-hybridized carbons (Fsp3) is 0.533. The number of benzene rings is 1. The van der Waals surface area contributed by atoms with Gasteiger partial charge in [-0.2, -0.15) is 0 Å². The van der Waals surface area contributed by atoms with Crippen molar-refractivity contribution in [3.8, 4) is 5.75 Å². The molecule has 0 saturated carbocycles. The molecule has 0 aliphatic rings. The Labute approximate surface area is 125 Å². The van der Waals surface area contributed by atoms with E-state index in [1.54, 1.807) is 19.9 Å². The fourth-order valence-corrected chi connectivity index (χ4v) is 1.65. The highest BCUT2D eigenvalue weighted by Crippen LogP contribution is 2.23. The Kier molecular flexibility index (Phi) is 5.20. The number of ether oxygens (including phenoxy) is 1. The van der Waals surface area contributed by atoms with Gasteiger partial charge >= 0.3 is 0 Å². The first-order valence-electron chi connectivity index (χ1n) is 6.74. The average Bonchev–Trinajstić information content (AvgIpc) is 2.42.